The number of hydrogen-bond donors (Lipinski definition) is 0. The number of pyridine rings is 1. The Morgan fingerprint density at radius 1 is 1.18 bits per heavy atom. The first-order valence-corrected chi connectivity index (χ1v) is 12.2. The van der Waals surface area contributed by atoms with Gasteiger partial charge in [0.15, 0.2) is 0 Å². The minimum atomic E-state index is 0.344. The van der Waals surface area contributed by atoms with E-state index in [2.05, 4.69) is 52.2 Å². The van der Waals surface area contributed by atoms with Crippen LogP contribution >= 0.6 is 0 Å². The third-order valence-corrected chi connectivity index (χ3v) is 6.54. The Morgan fingerprint density at radius 3 is 2.64 bits per heavy atom. The van der Waals surface area contributed by atoms with Crippen molar-refractivity contribution in [3.05, 3.63) is 77.4 Å². The minimum absolute atomic E-state index is 0.344. The van der Waals surface area contributed by atoms with E-state index in [0.717, 1.165) is 60.4 Å². The van der Waals surface area contributed by atoms with Crippen LogP contribution in [0.15, 0.2) is 43.5 Å². The topological polar surface area (TPSA) is 56.5 Å². The van der Waals surface area contributed by atoms with Crippen LogP contribution in [0.1, 0.15) is 98.2 Å². The Balaban J connectivity index is 1.46. The Hall–Kier alpha value is -3.08. The summed E-state index contributed by atoms with van der Waals surface area (Å²) in [5, 5.41) is 4.79. The second-order valence-electron chi connectivity index (χ2n) is 9.14. The van der Waals surface area contributed by atoms with Crippen molar-refractivity contribution in [3.63, 3.8) is 0 Å². The molecule has 172 valence electrons. The normalized spacial score (nSPS) is 14.9. The zero-order valence-corrected chi connectivity index (χ0v) is 20.2. The van der Waals surface area contributed by atoms with Gasteiger partial charge < -0.3 is 0 Å². The lowest BCUT2D eigenvalue weighted by Crippen LogP contribution is -2.13. The molecule has 1 aliphatic rings. The molecule has 1 saturated carbocycles. The standard InChI is InChI=1S/C28H35N5/c1-5-9-25(10-7-12-28-30-17-24(18-31-28)22-13-14-22)33-27(6-2)23(19-32-33)16-20(3)26-11-8-15-29-21(26)4/h6,8,11,15-19,22,25H,2,5,7,9-10,12-14H2,1,3-4H3/b20-16+. The van der Waals surface area contributed by atoms with Crippen LogP contribution in [0.4, 0.5) is 0 Å². The number of hydrogen-bond acceptors (Lipinski definition) is 4. The Labute approximate surface area is 197 Å². The summed E-state index contributed by atoms with van der Waals surface area (Å²) in [6.45, 7) is 10.5. The fourth-order valence-electron chi connectivity index (χ4n) is 4.55. The molecule has 3 aromatic rings. The van der Waals surface area contributed by atoms with Crippen molar-refractivity contribution in [3.8, 4) is 0 Å². The molecular weight excluding hydrogens is 406 g/mol. The van der Waals surface area contributed by atoms with Crippen LogP contribution in [0, 0.1) is 6.92 Å². The molecule has 1 atom stereocenters. The van der Waals surface area contributed by atoms with Gasteiger partial charge in [0.05, 0.1) is 17.9 Å². The fraction of sp³-hybridized carbons (Fsp3) is 0.429. The quantitative estimate of drug-likeness (QED) is 0.327. The molecule has 1 fully saturated rings. The van der Waals surface area contributed by atoms with Gasteiger partial charge in [0, 0.05) is 36.3 Å². The lowest BCUT2D eigenvalue weighted by atomic mass is 10.0. The summed E-state index contributed by atoms with van der Waals surface area (Å²) in [6.07, 6.45) is 19.8. The molecule has 0 bridgehead atoms. The van der Waals surface area contributed by atoms with E-state index in [1.54, 1.807) is 0 Å². The van der Waals surface area contributed by atoms with Crippen LogP contribution in [0.3, 0.4) is 0 Å². The van der Waals surface area contributed by atoms with E-state index < -0.39 is 0 Å². The molecule has 3 aromatic heterocycles. The zero-order valence-electron chi connectivity index (χ0n) is 20.2. The van der Waals surface area contributed by atoms with E-state index in [4.69, 9.17) is 5.10 Å². The predicted molar refractivity (Wildman–Crippen MR) is 136 cm³/mol. The number of allylic oxidation sites excluding steroid dienone is 1. The van der Waals surface area contributed by atoms with E-state index in [-0.39, 0.29) is 0 Å². The molecule has 33 heavy (non-hydrogen) atoms. The largest absolute Gasteiger partial charge is 0.262 e. The molecular formula is C28H35N5. The van der Waals surface area contributed by atoms with Crippen LogP contribution in [0.25, 0.3) is 17.7 Å². The molecule has 5 nitrogen and oxygen atoms in total. The van der Waals surface area contributed by atoms with Crippen LogP contribution in [0.5, 0.6) is 0 Å². The summed E-state index contributed by atoms with van der Waals surface area (Å²) < 4.78 is 2.17. The monoisotopic (exact) mass is 441 g/mol. The first-order chi connectivity index (χ1) is 16.1. The van der Waals surface area contributed by atoms with Crippen LogP contribution in [0.2, 0.25) is 0 Å². The number of rotatable bonds is 11. The highest BCUT2D eigenvalue weighted by molar-refractivity contribution is 5.82. The summed E-state index contributed by atoms with van der Waals surface area (Å²) >= 11 is 0. The average molecular weight is 442 g/mol. The van der Waals surface area contributed by atoms with Crippen molar-refractivity contribution in [2.24, 2.45) is 0 Å². The minimum Gasteiger partial charge on any atom is -0.262 e. The van der Waals surface area contributed by atoms with Crippen LogP contribution < -0.4 is 0 Å². The summed E-state index contributed by atoms with van der Waals surface area (Å²) in [7, 11) is 0. The van der Waals surface area contributed by atoms with E-state index >= 15 is 0 Å². The highest BCUT2D eigenvalue weighted by atomic mass is 15.3. The predicted octanol–water partition coefficient (Wildman–Crippen LogP) is 6.82. The Morgan fingerprint density at radius 2 is 1.97 bits per heavy atom. The summed E-state index contributed by atoms with van der Waals surface area (Å²) in [4.78, 5) is 13.6. The van der Waals surface area contributed by atoms with Crippen LogP contribution in [-0.4, -0.2) is 24.7 Å². The summed E-state index contributed by atoms with van der Waals surface area (Å²) in [5.74, 6) is 1.66. The van der Waals surface area contributed by atoms with Gasteiger partial charge in [-0.2, -0.15) is 5.10 Å². The highest BCUT2D eigenvalue weighted by Gasteiger charge is 2.24. The van der Waals surface area contributed by atoms with Gasteiger partial charge in [0.1, 0.15) is 5.82 Å². The summed E-state index contributed by atoms with van der Waals surface area (Å²) in [6, 6.07) is 4.44. The molecule has 0 aromatic carbocycles. The third-order valence-electron chi connectivity index (χ3n) is 6.54. The fourth-order valence-corrected chi connectivity index (χ4v) is 4.55. The van der Waals surface area contributed by atoms with Crippen molar-refractivity contribution < 1.29 is 0 Å². The molecule has 0 aliphatic heterocycles. The van der Waals surface area contributed by atoms with Crippen molar-refractivity contribution in [2.45, 2.75) is 77.7 Å². The molecule has 3 heterocycles. The summed E-state index contributed by atoms with van der Waals surface area (Å²) in [5.41, 5.74) is 6.87. The van der Waals surface area contributed by atoms with Gasteiger partial charge in [0.25, 0.3) is 0 Å². The third kappa shape index (κ3) is 5.65. The Bertz CT molecular complexity index is 1110. The first kappa shape index (κ1) is 23.1. The smallest absolute Gasteiger partial charge is 0.128 e. The molecule has 0 radical (unpaired) electrons. The van der Waals surface area contributed by atoms with E-state index in [9.17, 15) is 0 Å². The Kier molecular flexibility index (Phi) is 7.48. The molecule has 0 spiro atoms. The van der Waals surface area contributed by atoms with Gasteiger partial charge >= 0.3 is 0 Å². The zero-order chi connectivity index (χ0) is 23.2. The molecule has 0 saturated heterocycles. The maximum Gasteiger partial charge on any atom is 0.128 e. The molecule has 0 N–H and O–H groups in total. The molecule has 4 rings (SSSR count). The number of aromatic nitrogens is 5. The first-order valence-electron chi connectivity index (χ1n) is 12.2. The van der Waals surface area contributed by atoms with Gasteiger partial charge in [-0.25, -0.2) is 9.97 Å². The van der Waals surface area contributed by atoms with Gasteiger partial charge in [-0.15, -0.1) is 0 Å². The van der Waals surface area contributed by atoms with E-state index in [1.165, 1.54) is 24.0 Å². The van der Waals surface area contributed by atoms with Crippen molar-refractivity contribution in [1.29, 1.82) is 0 Å². The lowest BCUT2D eigenvalue weighted by Gasteiger charge is -2.19. The maximum atomic E-state index is 4.79. The maximum absolute atomic E-state index is 4.79. The van der Waals surface area contributed by atoms with Gasteiger partial charge in [-0.1, -0.05) is 26.0 Å². The van der Waals surface area contributed by atoms with Crippen molar-refractivity contribution in [1.82, 2.24) is 24.7 Å². The number of nitrogens with zero attached hydrogens (tertiary/aromatic N) is 5. The van der Waals surface area contributed by atoms with Crippen molar-refractivity contribution >= 4 is 17.7 Å². The average Bonchev–Trinajstić information content (AvgIpc) is 3.60. The second-order valence-corrected chi connectivity index (χ2v) is 9.14. The molecule has 1 aliphatic carbocycles. The molecule has 1 unspecified atom stereocenters. The second kappa shape index (κ2) is 10.7. The molecule has 0 amide bonds. The lowest BCUT2D eigenvalue weighted by molar-refractivity contribution is 0.382. The van der Waals surface area contributed by atoms with Crippen molar-refractivity contribution in [2.75, 3.05) is 0 Å². The van der Waals surface area contributed by atoms with Gasteiger partial charge in [-0.3, -0.25) is 9.67 Å². The number of aryl methyl sites for hydroxylation is 2. The van der Waals surface area contributed by atoms with Crippen LogP contribution in [-0.2, 0) is 6.42 Å². The highest BCUT2D eigenvalue weighted by Crippen LogP contribution is 2.39. The van der Waals surface area contributed by atoms with Gasteiger partial charge in [0.2, 0.25) is 0 Å². The van der Waals surface area contributed by atoms with Gasteiger partial charge in [-0.05, 0) is 86.8 Å². The van der Waals surface area contributed by atoms with E-state index in [1.807, 2.05) is 43.9 Å². The molecule has 5 heteroatoms. The SMILES string of the molecule is C=Cc1c(/C=C(\C)c2cccnc2C)cnn1C(CCC)CCCc1ncc(C2CC2)cn1. The van der Waals surface area contributed by atoms with E-state index in [0.29, 0.717) is 12.0 Å².